The Bertz CT molecular complexity index is 148. The van der Waals surface area contributed by atoms with Gasteiger partial charge in [0.15, 0.2) is 0 Å². The molecule has 3 heteroatoms. The molecule has 1 amide bonds. The fourth-order valence-electron chi connectivity index (χ4n) is 1.16. The summed E-state index contributed by atoms with van der Waals surface area (Å²) in [7, 11) is 0. The van der Waals surface area contributed by atoms with Crippen LogP contribution in [0.4, 0.5) is 0 Å². The SMILES string of the molecule is CCC(C)C(=O)NCCCCCCO. The Kier molecular flexibility index (Phi) is 8.64. The molecule has 0 heterocycles. The molecule has 14 heavy (non-hydrogen) atoms. The van der Waals surface area contributed by atoms with E-state index in [1.807, 2.05) is 13.8 Å². The van der Waals surface area contributed by atoms with Gasteiger partial charge in [0, 0.05) is 19.1 Å². The molecule has 0 saturated carbocycles. The normalized spacial score (nSPS) is 12.5. The summed E-state index contributed by atoms with van der Waals surface area (Å²) >= 11 is 0. The number of hydrogen-bond acceptors (Lipinski definition) is 2. The molecule has 0 spiro atoms. The fraction of sp³-hybridized carbons (Fsp3) is 0.909. The van der Waals surface area contributed by atoms with Crippen LogP contribution in [0.15, 0.2) is 0 Å². The Morgan fingerprint density at radius 2 is 1.93 bits per heavy atom. The van der Waals surface area contributed by atoms with Crippen molar-refractivity contribution in [1.29, 1.82) is 0 Å². The lowest BCUT2D eigenvalue weighted by Gasteiger charge is -2.09. The van der Waals surface area contributed by atoms with Gasteiger partial charge in [-0.15, -0.1) is 0 Å². The van der Waals surface area contributed by atoms with Gasteiger partial charge in [0.1, 0.15) is 0 Å². The maximum absolute atomic E-state index is 11.3. The third-order valence-corrected chi connectivity index (χ3v) is 2.44. The smallest absolute Gasteiger partial charge is 0.222 e. The molecule has 84 valence electrons. The Hall–Kier alpha value is -0.570. The summed E-state index contributed by atoms with van der Waals surface area (Å²) in [6.07, 6.45) is 4.93. The second-order valence-electron chi connectivity index (χ2n) is 3.74. The summed E-state index contributed by atoms with van der Waals surface area (Å²) in [6.45, 7) is 5.01. The molecule has 0 bridgehead atoms. The van der Waals surface area contributed by atoms with Gasteiger partial charge in [-0.3, -0.25) is 4.79 Å². The molecule has 0 aromatic heterocycles. The Morgan fingerprint density at radius 3 is 2.50 bits per heavy atom. The first-order valence-electron chi connectivity index (χ1n) is 5.61. The summed E-state index contributed by atoms with van der Waals surface area (Å²) in [4.78, 5) is 11.3. The predicted molar refractivity (Wildman–Crippen MR) is 58.0 cm³/mol. The molecule has 0 fully saturated rings. The Balaban J connectivity index is 3.23. The number of unbranched alkanes of at least 4 members (excludes halogenated alkanes) is 3. The van der Waals surface area contributed by atoms with Crippen LogP contribution in [0.1, 0.15) is 46.0 Å². The highest BCUT2D eigenvalue weighted by atomic mass is 16.2. The molecule has 0 aliphatic carbocycles. The summed E-state index contributed by atoms with van der Waals surface area (Å²) in [6, 6.07) is 0. The summed E-state index contributed by atoms with van der Waals surface area (Å²) in [5.74, 6) is 0.294. The van der Waals surface area contributed by atoms with E-state index in [-0.39, 0.29) is 18.4 Å². The first-order valence-corrected chi connectivity index (χ1v) is 5.61. The van der Waals surface area contributed by atoms with Crippen LogP contribution in [-0.4, -0.2) is 24.2 Å². The Morgan fingerprint density at radius 1 is 1.29 bits per heavy atom. The lowest BCUT2D eigenvalue weighted by molar-refractivity contribution is -0.124. The van der Waals surface area contributed by atoms with E-state index in [2.05, 4.69) is 5.32 Å². The minimum atomic E-state index is 0.132. The van der Waals surface area contributed by atoms with Crippen molar-refractivity contribution >= 4 is 5.91 Å². The van der Waals surface area contributed by atoms with Gasteiger partial charge in [-0.1, -0.05) is 26.7 Å². The maximum Gasteiger partial charge on any atom is 0.222 e. The molecule has 0 radical (unpaired) electrons. The van der Waals surface area contributed by atoms with E-state index in [0.717, 1.165) is 38.6 Å². The molecule has 3 nitrogen and oxygen atoms in total. The van der Waals surface area contributed by atoms with Crippen molar-refractivity contribution in [1.82, 2.24) is 5.32 Å². The number of amides is 1. The molecule has 0 saturated heterocycles. The van der Waals surface area contributed by atoms with Gasteiger partial charge in [0.2, 0.25) is 5.91 Å². The summed E-state index contributed by atoms with van der Waals surface area (Å²) < 4.78 is 0. The minimum Gasteiger partial charge on any atom is -0.396 e. The first kappa shape index (κ1) is 13.4. The quantitative estimate of drug-likeness (QED) is 0.587. The van der Waals surface area contributed by atoms with E-state index in [0.29, 0.717) is 0 Å². The molecule has 0 aliphatic heterocycles. The standard InChI is InChI=1S/C11H23NO2/c1-3-10(2)11(14)12-8-6-4-5-7-9-13/h10,13H,3-9H2,1-2H3,(H,12,14). The van der Waals surface area contributed by atoms with Gasteiger partial charge in [-0.2, -0.15) is 0 Å². The minimum absolute atomic E-state index is 0.132. The van der Waals surface area contributed by atoms with Crippen molar-refractivity contribution in [3.8, 4) is 0 Å². The zero-order valence-electron chi connectivity index (χ0n) is 9.38. The number of hydrogen-bond donors (Lipinski definition) is 2. The third-order valence-electron chi connectivity index (χ3n) is 2.44. The van der Waals surface area contributed by atoms with E-state index in [1.165, 1.54) is 0 Å². The van der Waals surface area contributed by atoms with Crippen molar-refractivity contribution in [2.24, 2.45) is 5.92 Å². The van der Waals surface area contributed by atoms with Crippen LogP contribution in [0.25, 0.3) is 0 Å². The lowest BCUT2D eigenvalue weighted by Crippen LogP contribution is -2.29. The highest BCUT2D eigenvalue weighted by Gasteiger charge is 2.08. The van der Waals surface area contributed by atoms with Crippen molar-refractivity contribution < 1.29 is 9.90 Å². The monoisotopic (exact) mass is 201 g/mol. The highest BCUT2D eigenvalue weighted by molar-refractivity contribution is 5.78. The number of carbonyl (C=O) groups excluding carboxylic acids is 1. The van der Waals surface area contributed by atoms with Gasteiger partial charge >= 0.3 is 0 Å². The van der Waals surface area contributed by atoms with Crippen LogP contribution in [0.5, 0.6) is 0 Å². The Labute approximate surface area is 86.9 Å². The average Bonchev–Trinajstić information content (AvgIpc) is 2.21. The number of aliphatic hydroxyl groups excluding tert-OH is 1. The van der Waals surface area contributed by atoms with E-state index < -0.39 is 0 Å². The molecule has 1 atom stereocenters. The number of nitrogens with one attached hydrogen (secondary N) is 1. The first-order chi connectivity index (χ1) is 6.72. The molecular weight excluding hydrogens is 178 g/mol. The van der Waals surface area contributed by atoms with Crippen molar-refractivity contribution in [3.05, 3.63) is 0 Å². The predicted octanol–water partition coefficient (Wildman–Crippen LogP) is 1.70. The van der Waals surface area contributed by atoms with Crippen molar-refractivity contribution in [2.45, 2.75) is 46.0 Å². The maximum atomic E-state index is 11.3. The second kappa shape index (κ2) is 9.00. The molecule has 2 N–H and O–H groups in total. The van der Waals surface area contributed by atoms with Gasteiger partial charge in [-0.25, -0.2) is 0 Å². The topological polar surface area (TPSA) is 49.3 Å². The van der Waals surface area contributed by atoms with Crippen LogP contribution >= 0.6 is 0 Å². The zero-order valence-corrected chi connectivity index (χ0v) is 9.38. The largest absolute Gasteiger partial charge is 0.396 e. The van der Waals surface area contributed by atoms with Crippen LogP contribution < -0.4 is 5.32 Å². The molecular formula is C11H23NO2. The average molecular weight is 201 g/mol. The van der Waals surface area contributed by atoms with Gasteiger partial charge in [0.05, 0.1) is 0 Å². The lowest BCUT2D eigenvalue weighted by atomic mass is 10.1. The molecule has 0 aromatic rings. The van der Waals surface area contributed by atoms with Crippen LogP contribution in [-0.2, 0) is 4.79 Å². The third kappa shape index (κ3) is 6.89. The fourth-order valence-corrected chi connectivity index (χ4v) is 1.16. The highest BCUT2D eigenvalue weighted by Crippen LogP contribution is 2.01. The molecule has 0 aliphatic rings. The van der Waals surface area contributed by atoms with Gasteiger partial charge in [-0.05, 0) is 19.3 Å². The number of rotatable bonds is 8. The number of aliphatic hydroxyl groups is 1. The zero-order chi connectivity index (χ0) is 10.8. The van der Waals surface area contributed by atoms with Crippen LogP contribution in [0, 0.1) is 5.92 Å². The molecule has 0 aromatic carbocycles. The van der Waals surface area contributed by atoms with E-state index >= 15 is 0 Å². The van der Waals surface area contributed by atoms with Crippen molar-refractivity contribution in [2.75, 3.05) is 13.2 Å². The van der Waals surface area contributed by atoms with Crippen molar-refractivity contribution in [3.63, 3.8) is 0 Å². The molecule has 0 rings (SSSR count). The second-order valence-corrected chi connectivity index (χ2v) is 3.74. The van der Waals surface area contributed by atoms with E-state index in [4.69, 9.17) is 5.11 Å². The van der Waals surface area contributed by atoms with Gasteiger partial charge in [0.25, 0.3) is 0 Å². The summed E-state index contributed by atoms with van der Waals surface area (Å²) in [5, 5.41) is 11.5. The van der Waals surface area contributed by atoms with Gasteiger partial charge < -0.3 is 10.4 Å². The van der Waals surface area contributed by atoms with E-state index in [1.54, 1.807) is 0 Å². The van der Waals surface area contributed by atoms with Crippen LogP contribution in [0.2, 0.25) is 0 Å². The number of carbonyl (C=O) groups is 1. The van der Waals surface area contributed by atoms with E-state index in [9.17, 15) is 4.79 Å². The molecule has 1 unspecified atom stereocenters. The summed E-state index contributed by atoms with van der Waals surface area (Å²) in [5.41, 5.74) is 0. The van der Waals surface area contributed by atoms with Crippen LogP contribution in [0.3, 0.4) is 0 Å².